The highest BCUT2D eigenvalue weighted by molar-refractivity contribution is 8.00. The van der Waals surface area contributed by atoms with Gasteiger partial charge in [0.1, 0.15) is 11.6 Å². The fourth-order valence-electron chi connectivity index (χ4n) is 1.05. The molecule has 0 aliphatic rings. The van der Waals surface area contributed by atoms with E-state index >= 15 is 0 Å². The Balaban J connectivity index is 2.45. The molecule has 1 aromatic carbocycles. The van der Waals surface area contributed by atoms with Crippen molar-refractivity contribution in [3.8, 4) is 0 Å². The summed E-state index contributed by atoms with van der Waals surface area (Å²) in [6, 6.07) is 3.05. The summed E-state index contributed by atoms with van der Waals surface area (Å²) in [7, 11) is 0. The lowest BCUT2D eigenvalue weighted by atomic mass is 10.3. The highest BCUT2D eigenvalue weighted by Gasteiger charge is 2.10. The summed E-state index contributed by atoms with van der Waals surface area (Å²) in [6.07, 6.45) is -0.845. The molecule has 0 radical (unpaired) electrons. The number of carbonyl (C=O) groups excluding carboxylic acids is 2. The molecule has 0 heterocycles. The zero-order chi connectivity index (χ0) is 13.5. The maximum Gasteiger partial charge on any atom is 0.413 e. The topological polar surface area (TPSA) is 55.4 Å². The summed E-state index contributed by atoms with van der Waals surface area (Å²) < 4.78 is 30.3. The van der Waals surface area contributed by atoms with Crippen molar-refractivity contribution in [2.24, 2.45) is 0 Å². The van der Waals surface area contributed by atoms with Gasteiger partial charge in [-0.1, -0.05) is 0 Å². The average molecular weight is 275 g/mol. The monoisotopic (exact) mass is 275 g/mol. The highest BCUT2D eigenvalue weighted by Crippen LogP contribution is 2.21. The van der Waals surface area contributed by atoms with E-state index in [1.54, 1.807) is 6.92 Å². The van der Waals surface area contributed by atoms with E-state index in [-0.39, 0.29) is 17.3 Å². The molecular weight excluding hydrogens is 264 g/mol. The summed E-state index contributed by atoms with van der Waals surface area (Å²) >= 11 is 0.862. The minimum absolute atomic E-state index is 0.135. The summed E-state index contributed by atoms with van der Waals surface area (Å²) in [5, 5.41) is 1.96. The van der Waals surface area contributed by atoms with Gasteiger partial charge in [0.05, 0.1) is 12.4 Å². The third-order valence-electron chi connectivity index (χ3n) is 1.77. The Kier molecular flexibility index (Phi) is 5.57. The maximum absolute atomic E-state index is 13.2. The van der Waals surface area contributed by atoms with E-state index < -0.39 is 23.6 Å². The fraction of sp³-hybridized carbons (Fsp3) is 0.273. The SMILES string of the molecule is CCOC(=O)NC(=O)CSc1ccc(F)cc1F. The van der Waals surface area contributed by atoms with Gasteiger partial charge < -0.3 is 4.74 Å². The highest BCUT2D eigenvalue weighted by atomic mass is 32.2. The van der Waals surface area contributed by atoms with Gasteiger partial charge in [-0.25, -0.2) is 13.6 Å². The van der Waals surface area contributed by atoms with Crippen LogP contribution < -0.4 is 5.32 Å². The number of imide groups is 1. The molecule has 0 unspecified atom stereocenters. The number of carbonyl (C=O) groups is 2. The van der Waals surface area contributed by atoms with Crippen molar-refractivity contribution in [1.29, 1.82) is 0 Å². The fourth-order valence-corrected chi connectivity index (χ4v) is 1.77. The zero-order valence-corrected chi connectivity index (χ0v) is 10.4. The van der Waals surface area contributed by atoms with Crippen molar-refractivity contribution >= 4 is 23.8 Å². The number of alkyl carbamates (subject to hydrolysis) is 1. The van der Waals surface area contributed by atoms with E-state index in [9.17, 15) is 18.4 Å². The van der Waals surface area contributed by atoms with Gasteiger partial charge in [-0.15, -0.1) is 11.8 Å². The first-order valence-corrected chi connectivity index (χ1v) is 6.06. The van der Waals surface area contributed by atoms with Crippen molar-refractivity contribution in [2.75, 3.05) is 12.4 Å². The van der Waals surface area contributed by atoms with Crippen LogP contribution in [-0.2, 0) is 9.53 Å². The van der Waals surface area contributed by atoms with Crippen LogP contribution in [0.15, 0.2) is 23.1 Å². The molecule has 18 heavy (non-hydrogen) atoms. The number of nitrogens with one attached hydrogen (secondary N) is 1. The molecular formula is C11H11F2NO3S. The number of hydrogen-bond acceptors (Lipinski definition) is 4. The molecule has 0 spiro atoms. The summed E-state index contributed by atoms with van der Waals surface area (Å²) in [5.41, 5.74) is 0. The van der Waals surface area contributed by atoms with Crippen molar-refractivity contribution < 1.29 is 23.1 Å². The second kappa shape index (κ2) is 6.95. The molecule has 0 aromatic heterocycles. The summed E-state index contributed by atoms with van der Waals surface area (Å²) in [5.74, 6) is -2.21. The predicted octanol–water partition coefficient (Wildman–Crippen LogP) is 2.33. The number of thioether (sulfide) groups is 1. The second-order valence-corrected chi connectivity index (χ2v) is 4.15. The van der Waals surface area contributed by atoms with Gasteiger partial charge >= 0.3 is 6.09 Å². The van der Waals surface area contributed by atoms with Gasteiger partial charge in [0, 0.05) is 11.0 Å². The summed E-state index contributed by atoms with van der Waals surface area (Å²) in [6.45, 7) is 1.76. The Bertz CT molecular complexity index is 454. The molecule has 7 heteroatoms. The van der Waals surface area contributed by atoms with E-state index in [0.29, 0.717) is 0 Å². The quantitative estimate of drug-likeness (QED) is 0.857. The Hall–Kier alpha value is -1.63. The van der Waals surface area contributed by atoms with Crippen molar-refractivity contribution in [3.63, 3.8) is 0 Å². The van der Waals surface area contributed by atoms with Crippen molar-refractivity contribution in [3.05, 3.63) is 29.8 Å². The molecule has 0 saturated heterocycles. The number of ether oxygens (including phenoxy) is 1. The normalized spacial score (nSPS) is 9.94. The molecule has 0 aliphatic heterocycles. The Morgan fingerprint density at radius 1 is 1.39 bits per heavy atom. The minimum atomic E-state index is -0.845. The maximum atomic E-state index is 13.2. The van der Waals surface area contributed by atoms with Crippen LogP contribution in [0, 0.1) is 11.6 Å². The van der Waals surface area contributed by atoms with Crippen LogP contribution in [-0.4, -0.2) is 24.4 Å². The number of benzene rings is 1. The predicted molar refractivity (Wildman–Crippen MR) is 62.2 cm³/mol. The number of rotatable bonds is 4. The van der Waals surface area contributed by atoms with Crippen molar-refractivity contribution in [1.82, 2.24) is 5.32 Å². The average Bonchev–Trinajstić information content (AvgIpc) is 2.28. The molecule has 0 fully saturated rings. The molecule has 1 rings (SSSR count). The van der Waals surface area contributed by atoms with E-state index in [4.69, 9.17) is 0 Å². The summed E-state index contributed by atoms with van der Waals surface area (Å²) in [4.78, 5) is 22.3. The van der Waals surface area contributed by atoms with E-state index in [0.717, 1.165) is 23.9 Å². The third kappa shape index (κ3) is 4.70. The van der Waals surface area contributed by atoms with Gasteiger partial charge in [0.25, 0.3) is 0 Å². The number of hydrogen-bond donors (Lipinski definition) is 1. The van der Waals surface area contributed by atoms with Gasteiger partial charge in [0.15, 0.2) is 0 Å². The first-order chi connectivity index (χ1) is 8.52. The first-order valence-electron chi connectivity index (χ1n) is 5.07. The molecule has 0 saturated carbocycles. The zero-order valence-electron chi connectivity index (χ0n) is 9.54. The largest absolute Gasteiger partial charge is 0.450 e. The number of halogens is 2. The van der Waals surface area contributed by atoms with Crippen LogP contribution in [0.5, 0.6) is 0 Å². The standard InChI is InChI=1S/C11H11F2NO3S/c1-2-17-11(16)14-10(15)6-18-9-4-3-7(12)5-8(9)13/h3-5H,2,6H2,1H3,(H,14,15,16). The van der Waals surface area contributed by atoms with Crippen LogP contribution in [0.3, 0.4) is 0 Å². The molecule has 1 N–H and O–H groups in total. The molecule has 4 nitrogen and oxygen atoms in total. The lowest BCUT2D eigenvalue weighted by Gasteiger charge is -2.04. The minimum Gasteiger partial charge on any atom is -0.450 e. The first kappa shape index (κ1) is 14.4. The van der Waals surface area contributed by atoms with Crippen LogP contribution in [0.25, 0.3) is 0 Å². The third-order valence-corrected chi connectivity index (χ3v) is 2.82. The molecule has 0 bridgehead atoms. The van der Waals surface area contributed by atoms with E-state index in [1.165, 1.54) is 6.07 Å². The lowest BCUT2D eigenvalue weighted by molar-refractivity contribution is -0.117. The molecule has 98 valence electrons. The van der Waals surface area contributed by atoms with Crippen LogP contribution in [0.2, 0.25) is 0 Å². The Morgan fingerprint density at radius 2 is 2.11 bits per heavy atom. The molecule has 0 aliphatic carbocycles. The van der Waals surface area contributed by atoms with E-state index in [2.05, 4.69) is 4.74 Å². The molecule has 2 amide bonds. The molecule has 1 aromatic rings. The van der Waals surface area contributed by atoms with Crippen LogP contribution >= 0.6 is 11.8 Å². The second-order valence-electron chi connectivity index (χ2n) is 3.13. The van der Waals surface area contributed by atoms with Crippen LogP contribution in [0.1, 0.15) is 6.92 Å². The Morgan fingerprint density at radius 3 is 2.72 bits per heavy atom. The van der Waals surface area contributed by atoms with Crippen LogP contribution in [0.4, 0.5) is 13.6 Å². The Labute approximate surface area is 107 Å². The van der Waals surface area contributed by atoms with E-state index in [1.807, 2.05) is 5.32 Å². The number of amides is 2. The van der Waals surface area contributed by atoms with Gasteiger partial charge in [-0.2, -0.15) is 0 Å². The smallest absolute Gasteiger partial charge is 0.413 e. The van der Waals surface area contributed by atoms with Gasteiger partial charge in [-0.05, 0) is 19.1 Å². The van der Waals surface area contributed by atoms with Crippen molar-refractivity contribution in [2.45, 2.75) is 11.8 Å². The van der Waals surface area contributed by atoms with Gasteiger partial charge in [-0.3, -0.25) is 10.1 Å². The molecule has 0 atom stereocenters. The lowest BCUT2D eigenvalue weighted by Crippen LogP contribution is -2.32. The van der Waals surface area contributed by atoms with Gasteiger partial charge in [0.2, 0.25) is 5.91 Å².